The number of Topliss-reactive ketones (excluding diaryl/α,β-unsaturated/α-hetero) is 1. The van der Waals surface area contributed by atoms with Gasteiger partial charge in [-0.3, -0.25) is 19.2 Å². The molecule has 2 N–H and O–H groups in total. The molecule has 0 radical (unpaired) electrons. The number of aliphatic hydroxyl groups is 2. The van der Waals surface area contributed by atoms with Gasteiger partial charge in [-0.2, -0.15) is 0 Å². The highest BCUT2D eigenvalue weighted by Crippen LogP contribution is 2.77. The average molecular weight is 491 g/mol. The van der Waals surface area contributed by atoms with Crippen LogP contribution in [0.15, 0.2) is 23.3 Å². The summed E-state index contributed by atoms with van der Waals surface area (Å²) in [6, 6.07) is 0. The first-order valence-electron chi connectivity index (χ1n) is 11.9. The summed E-state index contributed by atoms with van der Waals surface area (Å²) < 4.78 is 16.9. The van der Waals surface area contributed by atoms with Crippen molar-refractivity contribution in [1.29, 1.82) is 0 Å². The molecule has 4 aliphatic carbocycles. The van der Waals surface area contributed by atoms with Gasteiger partial charge in [-0.25, -0.2) is 0 Å². The number of rotatable bonds is 4. The quantitative estimate of drug-likeness (QED) is 0.342. The van der Waals surface area contributed by atoms with Crippen LogP contribution in [0.25, 0.3) is 0 Å². The first-order chi connectivity index (χ1) is 16.0. The zero-order valence-electron chi connectivity index (χ0n) is 21.2. The molecule has 2 unspecified atom stereocenters. The molecule has 0 bridgehead atoms. The van der Waals surface area contributed by atoms with E-state index in [0.29, 0.717) is 11.1 Å². The molecule has 0 saturated heterocycles. The number of esters is 3. The molecule has 0 aromatic rings. The maximum Gasteiger partial charge on any atom is 0.303 e. The largest absolute Gasteiger partial charge is 0.461 e. The van der Waals surface area contributed by atoms with Crippen molar-refractivity contribution >= 4 is 23.7 Å². The number of hydrogen-bond acceptors (Lipinski definition) is 9. The molecule has 0 aromatic heterocycles. The van der Waals surface area contributed by atoms with E-state index in [1.165, 1.54) is 20.8 Å². The maximum atomic E-state index is 13.2. The lowest BCUT2D eigenvalue weighted by molar-refractivity contribution is -0.227. The van der Waals surface area contributed by atoms with Crippen molar-refractivity contribution in [3.63, 3.8) is 0 Å². The van der Waals surface area contributed by atoms with Gasteiger partial charge in [0.1, 0.15) is 18.3 Å². The molecule has 0 heterocycles. The van der Waals surface area contributed by atoms with E-state index < -0.39 is 75.7 Å². The number of carbonyl (C=O) groups excluding carboxylic acids is 4. The molecule has 8 atom stereocenters. The normalized spacial score (nSPS) is 42.9. The van der Waals surface area contributed by atoms with E-state index in [1.807, 2.05) is 13.8 Å². The van der Waals surface area contributed by atoms with Crippen LogP contribution < -0.4 is 0 Å². The van der Waals surface area contributed by atoms with Gasteiger partial charge < -0.3 is 24.4 Å². The third kappa shape index (κ3) is 3.27. The Morgan fingerprint density at radius 2 is 1.69 bits per heavy atom. The topological polar surface area (TPSA) is 136 Å². The summed E-state index contributed by atoms with van der Waals surface area (Å²) in [6.45, 7) is 10.7. The molecule has 2 fully saturated rings. The van der Waals surface area contributed by atoms with Crippen molar-refractivity contribution in [2.45, 2.75) is 77.8 Å². The third-order valence-electron chi connectivity index (χ3n) is 8.82. The summed E-state index contributed by atoms with van der Waals surface area (Å²) in [5.41, 5.74) is -4.82. The molecule has 192 valence electrons. The summed E-state index contributed by atoms with van der Waals surface area (Å²) >= 11 is 0. The predicted molar refractivity (Wildman–Crippen MR) is 121 cm³/mol. The second kappa shape index (κ2) is 7.74. The van der Waals surface area contributed by atoms with Crippen LogP contribution in [-0.4, -0.2) is 63.4 Å². The zero-order chi connectivity index (χ0) is 26.3. The van der Waals surface area contributed by atoms with Gasteiger partial charge in [-0.1, -0.05) is 32.9 Å². The molecule has 0 aliphatic heterocycles. The molecule has 9 heteroatoms. The molecule has 2 saturated carbocycles. The van der Waals surface area contributed by atoms with Crippen LogP contribution in [0.4, 0.5) is 0 Å². The highest BCUT2D eigenvalue weighted by Gasteiger charge is 2.87. The second-order valence-corrected chi connectivity index (χ2v) is 11.2. The van der Waals surface area contributed by atoms with Crippen molar-refractivity contribution in [2.24, 2.45) is 29.1 Å². The Labute approximate surface area is 204 Å². The molecule has 9 nitrogen and oxygen atoms in total. The van der Waals surface area contributed by atoms with E-state index >= 15 is 0 Å². The fraction of sp³-hybridized carbons (Fsp3) is 0.692. The summed E-state index contributed by atoms with van der Waals surface area (Å²) in [5, 5.41) is 24.3. The fourth-order valence-electron chi connectivity index (χ4n) is 7.43. The van der Waals surface area contributed by atoms with Crippen LogP contribution in [0.2, 0.25) is 0 Å². The van der Waals surface area contributed by atoms with Crippen LogP contribution in [0.5, 0.6) is 0 Å². The summed E-state index contributed by atoms with van der Waals surface area (Å²) in [7, 11) is 0. The Balaban J connectivity index is 1.95. The van der Waals surface area contributed by atoms with Crippen molar-refractivity contribution in [3.05, 3.63) is 23.3 Å². The molecule has 4 rings (SSSR count). The van der Waals surface area contributed by atoms with Gasteiger partial charge in [0.2, 0.25) is 0 Å². The fourth-order valence-corrected chi connectivity index (χ4v) is 7.43. The Morgan fingerprint density at radius 3 is 2.23 bits per heavy atom. The van der Waals surface area contributed by atoms with E-state index in [2.05, 4.69) is 0 Å². The van der Waals surface area contributed by atoms with Crippen molar-refractivity contribution in [2.75, 3.05) is 6.61 Å². The Morgan fingerprint density at radius 1 is 1.06 bits per heavy atom. The Kier molecular flexibility index (Phi) is 5.65. The van der Waals surface area contributed by atoms with Crippen LogP contribution in [0.1, 0.15) is 54.9 Å². The van der Waals surface area contributed by atoms with E-state index in [1.54, 1.807) is 26.0 Å². The molecule has 0 aromatic carbocycles. The first kappa shape index (κ1) is 25.6. The van der Waals surface area contributed by atoms with E-state index in [9.17, 15) is 29.4 Å². The second-order valence-electron chi connectivity index (χ2n) is 11.2. The smallest absolute Gasteiger partial charge is 0.303 e. The first-order valence-corrected chi connectivity index (χ1v) is 11.9. The minimum Gasteiger partial charge on any atom is -0.461 e. The van der Waals surface area contributed by atoms with Crippen molar-refractivity contribution < 1.29 is 43.6 Å². The number of carbonyl (C=O) groups is 4. The lowest BCUT2D eigenvalue weighted by Crippen LogP contribution is -2.66. The van der Waals surface area contributed by atoms with Crippen molar-refractivity contribution in [3.8, 4) is 0 Å². The lowest BCUT2D eigenvalue weighted by atomic mass is 9.59. The molecule has 0 amide bonds. The standard InChI is InChI=1S/C26H34O9/c1-12-8-19-24(31,21(12)30)10-17(11-33-14(3)27)9-18-20-23(6,7)26(20,35-16(5)29)22(34-15(4)28)13(2)25(18,19)32/h8-9,13,18-20,22,31-32H,10-11H2,1-7H3/t13-,18+,19?,20?,22-,24-,25-,26-/m1/s1. The number of hydrogen-bond donors (Lipinski definition) is 2. The highest BCUT2D eigenvalue weighted by molar-refractivity contribution is 6.04. The lowest BCUT2D eigenvalue weighted by Gasteiger charge is -2.53. The van der Waals surface area contributed by atoms with Crippen LogP contribution in [-0.2, 0) is 33.4 Å². The van der Waals surface area contributed by atoms with Crippen LogP contribution in [0.3, 0.4) is 0 Å². The molecular formula is C26H34O9. The SMILES string of the molecule is CC(=O)OCC1=C[C@H]2C3C(C)(C)[C@]3(OC(C)=O)[C@H](OC(C)=O)[C@@H](C)[C@]2(O)C2C=C(C)C(=O)[C@@]2(O)C1. The number of fused-ring (bicyclic) bond motifs is 5. The molecule has 35 heavy (non-hydrogen) atoms. The van der Waals surface area contributed by atoms with Gasteiger partial charge in [0.25, 0.3) is 0 Å². The van der Waals surface area contributed by atoms with Gasteiger partial charge in [-0.15, -0.1) is 0 Å². The maximum absolute atomic E-state index is 13.2. The minimum atomic E-state index is -1.96. The highest BCUT2D eigenvalue weighted by atomic mass is 16.6. The molecular weight excluding hydrogens is 456 g/mol. The Bertz CT molecular complexity index is 1070. The summed E-state index contributed by atoms with van der Waals surface area (Å²) in [6.07, 6.45) is 2.21. The average Bonchev–Trinajstić information content (AvgIpc) is 3.15. The van der Waals surface area contributed by atoms with Gasteiger partial charge in [0.05, 0.1) is 5.60 Å². The molecule has 4 aliphatic rings. The van der Waals surface area contributed by atoms with Crippen LogP contribution >= 0.6 is 0 Å². The zero-order valence-corrected chi connectivity index (χ0v) is 21.2. The summed E-state index contributed by atoms with van der Waals surface area (Å²) in [5.74, 6) is -5.20. The van der Waals surface area contributed by atoms with Crippen molar-refractivity contribution in [1.82, 2.24) is 0 Å². The van der Waals surface area contributed by atoms with Gasteiger partial charge in [0.15, 0.2) is 11.4 Å². The number of ether oxygens (including phenoxy) is 3. The Hall–Kier alpha value is -2.52. The predicted octanol–water partition coefficient (Wildman–Crippen LogP) is 1.64. The van der Waals surface area contributed by atoms with Gasteiger partial charge in [0, 0.05) is 56.3 Å². The van der Waals surface area contributed by atoms with Gasteiger partial charge in [-0.05, 0) is 18.1 Å². The van der Waals surface area contributed by atoms with E-state index in [4.69, 9.17) is 14.2 Å². The third-order valence-corrected chi connectivity index (χ3v) is 8.82. The summed E-state index contributed by atoms with van der Waals surface area (Å²) in [4.78, 5) is 49.1. The van der Waals surface area contributed by atoms with Crippen LogP contribution in [0, 0.1) is 29.1 Å². The van der Waals surface area contributed by atoms with E-state index in [0.717, 1.165) is 0 Å². The molecule has 0 spiro atoms. The van der Waals surface area contributed by atoms with E-state index in [-0.39, 0.29) is 13.0 Å². The minimum absolute atomic E-state index is 0.130. The number of ketones is 1. The monoisotopic (exact) mass is 490 g/mol. The van der Waals surface area contributed by atoms with Gasteiger partial charge >= 0.3 is 17.9 Å².